The number of nitrogens with zero attached hydrogens (tertiary/aromatic N) is 2. The molecule has 3 aromatic rings. The highest BCUT2D eigenvalue weighted by Gasteiger charge is 2.33. The Labute approximate surface area is 191 Å². The first-order valence-corrected chi connectivity index (χ1v) is 10.0. The molecule has 34 heavy (non-hydrogen) atoms. The van der Waals surface area contributed by atoms with E-state index in [0.717, 1.165) is 23.1 Å². The first-order valence-electron chi connectivity index (χ1n) is 10.0. The maximum Gasteiger partial charge on any atom is 0.416 e. The fourth-order valence-electron chi connectivity index (χ4n) is 3.55. The summed E-state index contributed by atoms with van der Waals surface area (Å²) in [6.07, 6.45) is -0.830. The minimum atomic E-state index is -4.53. The molecule has 2 amide bonds. The van der Waals surface area contributed by atoms with Crippen molar-refractivity contribution < 1.29 is 37.1 Å². The van der Waals surface area contributed by atoms with Crippen molar-refractivity contribution in [3.63, 3.8) is 0 Å². The highest BCUT2D eigenvalue weighted by Crippen LogP contribution is 2.36. The van der Waals surface area contributed by atoms with Gasteiger partial charge in [0.05, 0.1) is 35.3 Å². The number of hydrogen-bond acceptors (Lipinski definition) is 4. The number of carboxylic acid groups (broad SMARTS) is 1. The number of benzene rings is 2. The molecule has 0 saturated heterocycles. The third-order valence-electron chi connectivity index (χ3n) is 5.19. The number of fused-ring (bicyclic) bond motifs is 1. The van der Waals surface area contributed by atoms with Crippen molar-refractivity contribution in [3.8, 4) is 0 Å². The summed E-state index contributed by atoms with van der Waals surface area (Å²) in [5.41, 5.74) is -0.320. The van der Waals surface area contributed by atoms with Crippen molar-refractivity contribution in [1.82, 2.24) is 0 Å². The van der Waals surface area contributed by atoms with Crippen LogP contribution >= 0.6 is 0 Å². The molecular weight excluding hydrogens is 453 g/mol. The Kier molecular flexibility index (Phi) is 5.97. The number of hydrogen-bond donors (Lipinski definition) is 1. The van der Waals surface area contributed by atoms with Gasteiger partial charge in [-0.15, -0.1) is 0 Å². The van der Waals surface area contributed by atoms with E-state index in [1.54, 1.807) is 12.1 Å². The number of carbonyl (C=O) groups is 3. The summed E-state index contributed by atoms with van der Waals surface area (Å²) in [5.74, 6) is -1.85. The zero-order valence-corrected chi connectivity index (χ0v) is 17.5. The van der Waals surface area contributed by atoms with Gasteiger partial charge in [-0.1, -0.05) is 12.1 Å². The smallest absolute Gasteiger partial charge is 0.416 e. The Hall–Kier alpha value is -4.34. The SMILES string of the molecule is O=C(O)c1ccc2c(c1)N(C(=O)/C=C/c1cccc(C(F)(F)F)c1)CC(=O)N2Cc1ccco1. The van der Waals surface area contributed by atoms with Gasteiger partial charge in [0.15, 0.2) is 0 Å². The number of carboxylic acids is 1. The van der Waals surface area contributed by atoms with Crippen LogP contribution < -0.4 is 9.80 Å². The Balaban J connectivity index is 1.67. The molecule has 174 valence electrons. The molecular formula is C24H17F3N2O5. The lowest BCUT2D eigenvalue weighted by Gasteiger charge is -2.35. The topological polar surface area (TPSA) is 91.1 Å². The Morgan fingerprint density at radius 2 is 1.85 bits per heavy atom. The second-order valence-corrected chi connectivity index (χ2v) is 7.45. The molecule has 0 bridgehead atoms. The van der Waals surface area contributed by atoms with E-state index in [9.17, 15) is 32.7 Å². The number of rotatable bonds is 5. The number of alkyl halides is 3. The highest BCUT2D eigenvalue weighted by molar-refractivity contribution is 6.15. The number of aromatic carboxylic acids is 1. The predicted molar refractivity (Wildman–Crippen MR) is 116 cm³/mol. The molecule has 0 saturated carbocycles. The van der Waals surface area contributed by atoms with Gasteiger partial charge in [-0.25, -0.2) is 4.79 Å². The second kappa shape index (κ2) is 8.89. The lowest BCUT2D eigenvalue weighted by Crippen LogP contribution is -2.47. The summed E-state index contributed by atoms with van der Waals surface area (Å²) >= 11 is 0. The summed E-state index contributed by atoms with van der Waals surface area (Å²) in [4.78, 5) is 39.8. The predicted octanol–water partition coefficient (Wildman–Crippen LogP) is 4.59. The van der Waals surface area contributed by atoms with Crippen molar-refractivity contribution in [3.05, 3.63) is 89.4 Å². The average molecular weight is 470 g/mol. The van der Waals surface area contributed by atoms with Crippen molar-refractivity contribution >= 4 is 35.2 Å². The van der Waals surface area contributed by atoms with Gasteiger partial charge < -0.3 is 14.4 Å². The monoisotopic (exact) mass is 470 g/mol. The molecule has 0 fully saturated rings. The van der Waals surface area contributed by atoms with Crippen LogP contribution in [0.3, 0.4) is 0 Å². The third kappa shape index (κ3) is 4.70. The molecule has 0 aliphatic carbocycles. The lowest BCUT2D eigenvalue weighted by atomic mass is 10.1. The van der Waals surface area contributed by atoms with Gasteiger partial charge in [0, 0.05) is 6.08 Å². The maximum atomic E-state index is 12.9. The maximum absolute atomic E-state index is 12.9. The number of anilines is 2. The van der Waals surface area contributed by atoms with Crippen molar-refractivity contribution in [2.45, 2.75) is 12.7 Å². The van der Waals surface area contributed by atoms with Gasteiger partial charge in [-0.3, -0.25) is 14.5 Å². The van der Waals surface area contributed by atoms with Crippen LogP contribution in [0.2, 0.25) is 0 Å². The van der Waals surface area contributed by atoms with Crippen LogP contribution in [0.15, 0.2) is 71.4 Å². The van der Waals surface area contributed by atoms with Crippen molar-refractivity contribution in [2.24, 2.45) is 0 Å². The largest absolute Gasteiger partial charge is 0.478 e. The Bertz CT molecular complexity index is 1280. The zero-order chi connectivity index (χ0) is 24.5. The van der Waals surface area contributed by atoms with Crippen LogP contribution in [0.25, 0.3) is 6.08 Å². The first kappa shape index (κ1) is 22.8. The molecule has 1 aliphatic heterocycles. The Morgan fingerprint density at radius 1 is 1.06 bits per heavy atom. The molecule has 1 aromatic heterocycles. The van der Waals surface area contributed by atoms with Crippen LogP contribution in [0, 0.1) is 0 Å². The third-order valence-corrected chi connectivity index (χ3v) is 5.19. The first-order chi connectivity index (χ1) is 16.1. The summed E-state index contributed by atoms with van der Waals surface area (Å²) in [5, 5.41) is 9.38. The van der Waals surface area contributed by atoms with E-state index < -0.39 is 29.5 Å². The van der Waals surface area contributed by atoms with E-state index >= 15 is 0 Å². The number of carbonyl (C=O) groups excluding carboxylic acids is 2. The molecule has 0 unspecified atom stereocenters. The molecule has 7 nitrogen and oxygen atoms in total. The molecule has 0 spiro atoms. The summed E-state index contributed by atoms with van der Waals surface area (Å²) in [7, 11) is 0. The molecule has 2 heterocycles. The molecule has 2 aromatic carbocycles. The van der Waals surface area contributed by atoms with E-state index in [-0.39, 0.29) is 29.9 Å². The van der Waals surface area contributed by atoms with Crippen LogP contribution in [0.1, 0.15) is 27.2 Å². The molecule has 1 aliphatic rings. The minimum absolute atomic E-state index is 0.0767. The summed E-state index contributed by atoms with van der Waals surface area (Å²) in [6, 6.07) is 11.8. The van der Waals surface area contributed by atoms with Crippen LogP contribution in [-0.4, -0.2) is 29.4 Å². The normalized spacial score (nSPS) is 13.9. The Morgan fingerprint density at radius 3 is 2.53 bits per heavy atom. The highest BCUT2D eigenvalue weighted by atomic mass is 19.4. The molecule has 1 N–H and O–H groups in total. The summed E-state index contributed by atoms with van der Waals surface area (Å²) < 4.78 is 44.1. The summed E-state index contributed by atoms with van der Waals surface area (Å²) in [6.45, 7) is -0.310. The van der Waals surface area contributed by atoms with Gasteiger partial charge >= 0.3 is 12.1 Å². The van der Waals surface area contributed by atoms with E-state index in [1.807, 2.05) is 0 Å². The molecule has 10 heteroatoms. The van der Waals surface area contributed by atoms with Crippen LogP contribution in [0.5, 0.6) is 0 Å². The van der Waals surface area contributed by atoms with Gasteiger partial charge in [0.1, 0.15) is 12.3 Å². The van der Waals surface area contributed by atoms with E-state index in [2.05, 4.69) is 0 Å². The van der Waals surface area contributed by atoms with Gasteiger partial charge in [-0.05, 0) is 54.1 Å². The minimum Gasteiger partial charge on any atom is -0.478 e. The standard InChI is InChI=1S/C24H17F3N2O5/c25-24(26,27)17-4-1-3-15(11-17)6-9-21(30)29-14-22(31)28(13-18-5-2-10-34-18)19-8-7-16(23(32)33)12-20(19)29/h1-12H,13-14H2,(H,32,33)/b9-6+. The second-order valence-electron chi connectivity index (χ2n) is 7.45. The number of amides is 2. The fourth-order valence-corrected chi connectivity index (χ4v) is 3.55. The van der Waals surface area contributed by atoms with Crippen molar-refractivity contribution in [1.29, 1.82) is 0 Å². The van der Waals surface area contributed by atoms with E-state index in [1.165, 1.54) is 47.6 Å². The average Bonchev–Trinajstić information content (AvgIpc) is 3.31. The van der Waals surface area contributed by atoms with Gasteiger partial charge in [-0.2, -0.15) is 13.2 Å². The van der Waals surface area contributed by atoms with Crippen molar-refractivity contribution in [2.75, 3.05) is 16.3 Å². The lowest BCUT2D eigenvalue weighted by molar-refractivity contribution is -0.137. The fraction of sp³-hybridized carbons (Fsp3) is 0.125. The van der Waals surface area contributed by atoms with Crippen LogP contribution in [-0.2, 0) is 22.3 Å². The van der Waals surface area contributed by atoms with Crippen LogP contribution in [0.4, 0.5) is 24.5 Å². The molecule has 0 atom stereocenters. The van der Waals surface area contributed by atoms with E-state index in [0.29, 0.717) is 11.4 Å². The zero-order valence-electron chi connectivity index (χ0n) is 17.5. The van der Waals surface area contributed by atoms with E-state index in [4.69, 9.17) is 4.42 Å². The number of halogens is 3. The van der Waals surface area contributed by atoms with Gasteiger partial charge in [0.2, 0.25) is 5.91 Å². The number of furan rings is 1. The van der Waals surface area contributed by atoms with Gasteiger partial charge in [0.25, 0.3) is 5.91 Å². The molecule has 0 radical (unpaired) electrons. The quantitative estimate of drug-likeness (QED) is 0.551. The molecule has 4 rings (SSSR count).